The summed E-state index contributed by atoms with van der Waals surface area (Å²) in [4.78, 5) is 11.2. The molecule has 0 aromatic heterocycles. The number of benzene rings is 2. The molecule has 0 bridgehead atoms. The van der Waals surface area contributed by atoms with Gasteiger partial charge in [-0.3, -0.25) is 5.41 Å². The van der Waals surface area contributed by atoms with E-state index in [4.69, 9.17) is 10.1 Å². The quantitative estimate of drug-likeness (QED) is 0.529. The molecule has 102 valence electrons. The lowest BCUT2D eigenvalue weighted by atomic mass is 10.1. The minimum absolute atomic E-state index is 0.0185. The second-order valence-electron chi connectivity index (χ2n) is 4.16. The van der Waals surface area contributed by atoms with E-state index in [1.54, 1.807) is 0 Å². The molecule has 3 nitrogen and oxygen atoms in total. The molecule has 2 aromatic carbocycles. The number of ether oxygens (including phenoxy) is 1. The second kappa shape index (κ2) is 5.61. The van der Waals surface area contributed by atoms with Crippen LogP contribution in [0.2, 0.25) is 0 Å². The van der Waals surface area contributed by atoms with Crippen molar-refractivity contribution >= 4 is 11.7 Å². The normalized spacial score (nSPS) is 10.2. The van der Waals surface area contributed by atoms with Gasteiger partial charge >= 0.3 is 5.97 Å². The Bertz CT molecular complexity index is 666. The summed E-state index contributed by atoms with van der Waals surface area (Å²) in [5.74, 6) is -1.81. The van der Waals surface area contributed by atoms with Crippen LogP contribution in [0.4, 0.5) is 8.78 Å². The number of esters is 1. The molecule has 0 amide bonds. The molecule has 0 aliphatic carbocycles. The first kappa shape index (κ1) is 13.9. The fourth-order valence-electron chi connectivity index (χ4n) is 1.61. The average Bonchev–Trinajstić information content (AvgIpc) is 2.40. The van der Waals surface area contributed by atoms with Crippen LogP contribution in [0.25, 0.3) is 11.1 Å². The average molecular weight is 275 g/mol. The maximum absolute atomic E-state index is 13.9. The molecule has 1 N–H and O–H groups in total. The van der Waals surface area contributed by atoms with Crippen molar-refractivity contribution in [3.8, 4) is 16.9 Å². The molecule has 0 heterocycles. The lowest BCUT2D eigenvalue weighted by molar-refractivity contribution is -0.127. The number of carbonyl (C=O) groups is 1. The molecule has 20 heavy (non-hydrogen) atoms. The molecule has 0 radical (unpaired) electrons. The van der Waals surface area contributed by atoms with E-state index >= 15 is 0 Å². The summed E-state index contributed by atoms with van der Waals surface area (Å²) in [5, 5.41) is 7.10. The topological polar surface area (TPSA) is 50.2 Å². The molecule has 0 aliphatic rings. The number of rotatable bonds is 3. The second-order valence-corrected chi connectivity index (χ2v) is 4.16. The summed E-state index contributed by atoms with van der Waals surface area (Å²) in [6.45, 7) is 1.28. The van der Waals surface area contributed by atoms with E-state index in [1.807, 2.05) is 0 Å². The van der Waals surface area contributed by atoms with Gasteiger partial charge in [-0.15, -0.1) is 0 Å². The van der Waals surface area contributed by atoms with Crippen LogP contribution < -0.4 is 4.74 Å². The Kier molecular flexibility index (Phi) is 3.89. The Morgan fingerprint density at radius 1 is 1.10 bits per heavy atom. The molecule has 0 spiro atoms. The van der Waals surface area contributed by atoms with Crippen LogP contribution in [0.1, 0.15) is 6.92 Å². The lowest BCUT2D eigenvalue weighted by Gasteiger charge is -2.07. The fourth-order valence-corrected chi connectivity index (χ4v) is 1.61. The van der Waals surface area contributed by atoms with Crippen LogP contribution >= 0.6 is 0 Å². The van der Waals surface area contributed by atoms with Crippen molar-refractivity contribution in [3.05, 3.63) is 54.1 Å². The van der Waals surface area contributed by atoms with Crippen molar-refractivity contribution in [2.75, 3.05) is 0 Å². The van der Waals surface area contributed by atoms with E-state index in [1.165, 1.54) is 43.3 Å². The molecule has 0 unspecified atom stereocenters. The molecule has 2 aromatic rings. The maximum atomic E-state index is 13.9. The third-order valence-corrected chi connectivity index (χ3v) is 2.61. The highest BCUT2D eigenvalue weighted by atomic mass is 19.1. The number of halogens is 2. The van der Waals surface area contributed by atoms with E-state index in [0.29, 0.717) is 5.56 Å². The van der Waals surface area contributed by atoms with E-state index in [2.05, 4.69) is 0 Å². The highest BCUT2D eigenvalue weighted by molar-refractivity contribution is 6.34. The van der Waals surface area contributed by atoms with Crippen molar-refractivity contribution in [2.24, 2.45) is 0 Å². The Morgan fingerprint density at radius 2 is 1.75 bits per heavy atom. The highest BCUT2D eigenvalue weighted by Gasteiger charge is 2.11. The van der Waals surface area contributed by atoms with Crippen LogP contribution in [-0.2, 0) is 4.79 Å². The van der Waals surface area contributed by atoms with Gasteiger partial charge in [0.25, 0.3) is 0 Å². The molecule has 0 saturated carbocycles. The molecule has 0 atom stereocenters. The Balaban J connectivity index is 2.28. The molecule has 0 fully saturated rings. The number of hydrogen-bond acceptors (Lipinski definition) is 3. The number of carbonyl (C=O) groups excluding carboxylic acids is 1. The summed E-state index contributed by atoms with van der Waals surface area (Å²) < 4.78 is 31.6. The van der Waals surface area contributed by atoms with Crippen molar-refractivity contribution in [2.45, 2.75) is 6.92 Å². The lowest BCUT2D eigenvalue weighted by Crippen LogP contribution is -2.16. The van der Waals surface area contributed by atoms with Crippen LogP contribution in [0.3, 0.4) is 0 Å². The summed E-state index contributed by atoms with van der Waals surface area (Å²) in [6, 6.07) is 9.30. The molecule has 2 rings (SSSR count). The first-order valence-corrected chi connectivity index (χ1v) is 5.80. The smallest absolute Gasteiger partial charge is 0.357 e. The van der Waals surface area contributed by atoms with E-state index in [0.717, 1.165) is 6.07 Å². The third-order valence-electron chi connectivity index (χ3n) is 2.61. The first-order chi connectivity index (χ1) is 9.47. The van der Waals surface area contributed by atoms with Gasteiger partial charge in [0.1, 0.15) is 23.1 Å². The summed E-state index contributed by atoms with van der Waals surface area (Å²) in [6.07, 6.45) is 0. The van der Waals surface area contributed by atoms with E-state index in [-0.39, 0.29) is 17.0 Å². The molecular formula is C15H11F2NO2. The zero-order chi connectivity index (χ0) is 14.7. The zero-order valence-corrected chi connectivity index (χ0v) is 10.6. The van der Waals surface area contributed by atoms with Crippen LogP contribution in [0, 0.1) is 17.0 Å². The summed E-state index contributed by atoms with van der Waals surface area (Å²) >= 11 is 0. The number of nitrogens with one attached hydrogen (secondary N) is 1. The number of hydrogen-bond donors (Lipinski definition) is 1. The largest absolute Gasteiger partial charge is 0.422 e. The van der Waals surface area contributed by atoms with Gasteiger partial charge in [0.2, 0.25) is 0 Å². The van der Waals surface area contributed by atoms with Gasteiger partial charge in [-0.25, -0.2) is 13.6 Å². The maximum Gasteiger partial charge on any atom is 0.357 e. The van der Waals surface area contributed by atoms with Gasteiger partial charge in [-0.05, 0) is 36.8 Å². The SMILES string of the molecule is CC(=N)C(=O)Oc1ccc(-c2ccc(F)cc2)c(F)c1. The van der Waals surface area contributed by atoms with Gasteiger partial charge < -0.3 is 4.74 Å². The van der Waals surface area contributed by atoms with E-state index < -0.39 is 17.6 Å². The Hall–Kier alpha value is -2.56. The monoisotopic (exact) mass is 275 g/mol. The summed E-state index contributed by atoms with van der Waals surface area (Å²) in [7, 11) is 0. The van der Waals surface area contributed by atoms with Crippen molar-refractivity contribution in [1.82, 2.24) is 0 Å². The standard InChI is InChI=1S/C15H11F2NO2/c1-9(18)15(19)20-12-6-7-13(14(17)8-12)10-2-4-11(16)5-3-10/h2-8,18H,1H3. The Morgan fingerprint density at radius 3 is 2.30 bits per heavy atom. The van der Waals surface area contributed by atoms with Gasteiger partial charge in [0.05, 0.1) is 0 Å². The first-order valence-electron chi connectivity index (χ1n) is 5.80. The van der Waals surface area contributed by atoms with Gasteiger partial charge in [-0.1, -0.05) is 12.1 Å². The van der Waals surface area contributed by atoms with Gasteiger partial charge in [0, 0.05) is 11.6 Å². The predicted octanol–water partition coefficient (Wildman–Crippen LogP) is 3.58. The minimum Gasteiger partial charge on any atom is -0.422 e. The fraction of sp³-hybridized carbons (Fsp3) is 0.0667. The third kappa shape index (κ3) is 3.06. The molecular weight excluding hydrogens is 264 g/mol. The molecule has 0 saturated heterocycles. The van der Waals surface area contributed by atoms with Crippen molar-refractivity contribution in [3.63, 3.8) is 0 Å². The molecule has 0 aliphatic heterocycles. The zero-order valence-electron chi connectivity index (χ0n) is 10.6. The minimum atomic E-state index is -0.834. The van der Waals surface area contributed by atoms with Crippen molar-refractivity contribution < 1.29 is 18.3 Å². The Labute approximate surface area is 114 Å². The predicted molar refractivity (Wildman–Crippen MR) is 70.8 cm³/mol. The highest BCUT2D eigenvalue weighted by Crippen LogP contribution is 2.26. The van der Waals surface area contributed by atoms with Crippen molar-refractivity contribution in [1.29, 1.82) is 5.41 Å². The summed E-state index contributed by atoms with van der Waals surface area (Å²) in [5.41, 5.74) is 0.523. The van der Waals surface area contributed by atoms with Crippen LogP contribution in [0.15, 0.2) is 42.5 Å². The van der Waals surface area contributed by atoms with Crippen LogP contribution in [-0.4, -0.2) is 11.7 Å². The van der Waals surface area contributed by atoms with E-state index in [9.17, 15) is 13.6 Å². The van der Waals surface area contributed by atoms with Gasteiger partial charge in [0.15, 0.2) is 0 Å². The van der Waals surface area contributed by atoms with Gasteiger partial charge in [-0.2, -0.15) is 0 Å². The van der Waals surface area contributed by atoms with Crippen LogP contribution in [0.5, 0.6) is 5.75 Å². The molecule has 5 heteroatoms.